The Morgan fingerprint density at radius 2 is 2.15 bits per heavy atom. The van der Waals surface area contributed by atoms with Gasteiger partial charge in [0.2, 0.25) is 0 Å². The number of aldehydes is 1. The molecule has 6 heteroatoms. The number of hydrogen-bond donors (Lipinski definition) is 0. The molecule has 0 unspecified atom stereocenters. The molecule has 1 aromatic heterocycles. The summed E-state index contributed by atoms with van der Waals surface area (Å²) < 4.78 is 10.9. The maximum Gasteiger partial charge on any atom is 0.172 e. The van der Waals surface area contributed by atoms with Crippen molar-refractivity contribution >= 4 is 29.2 Å². The van der Waals surface area contributed by atoms with Crippen LogP contribution in [0, 0.1) is 13.8 Å². The zero-order chi connectivity index (χ0) is 14.7. The Kier molecular flexibility index (Phi) is 4.62. The highest BCUT2D eigenvalue weighted by atomic mass is 35.5. The van der Waals surface area contributed by atoms with Crippen molar-refractivity contribution in [2.75, 3.05) is 7.11 Å². The number of thiazole rings is 1. The van der Waals surface area contributed by atoms with Gasteiger partial charge in [-0.2, -0.15) is 0 Å². The van der Waals surface area contributed by atoms with Gasteiger partial charge in [0.15, 0.2) is 17.8 Å². The van der Waals surface area contributed by atoms with Gasteiger partial charge in [-0.3, -0.25) is 4.79 Å². The minimum atomic E-state index is 0.290. The Hall–Kier alpha value is -1.59. The van der Waals surface area contributed by atoms with Crippen molar-refractivity contribution in [1.29, 1.82) is 0 Å². The fraction of sp³-hybridized carbons (Fsp3) is 0.286. The van der Waals surface area contributed by atoms with Gasteiger partial charge in [0.1, 0.15) is 11.6 Å². The highest BCUT2D eigenvalue weighted by Gasteiger charge is 2.14. The second kappa shape index (κ2) is 6.24. The van der Waals surface area contributed by atoms with Crippen molar-refractivity contribution in [3.63, 3.8) is 0 Å². The van der Waals surface area contributed by atoms with Crippen molar-refractivity contribution in [2.45, 2.75) is 20.5 Å². The lowest BCUT2D eigenvalue weighted by Crippen LogP contribution is -2.01. The molecule has 2 rings (SSSR count). The molecule has 20 heavy (non-hydrogen) atoms. The van der Waals surface area contributed by atoms with Crippen LogP contribution in [0.15, 0.2) is 12.1 Å². The molecule has 0 saturated carbocycles. The van der Waals surface area contributed by atoms with Crippen LogP contribution in [-0.4, -0.2) is 18.4 Å². The number of aryl methyl sites for hydroxylation is 2. The fourth-order valence-corrected chi connectivity index (χ4v) is 2.78. The normalized spacial score (nSPS) is 10.4. The molecule has 0 N–H and O–H groups in total. The van der Waals surface area contributed by atoms with Crippen LogP contribution in [0.2, 0.25) is 5.02 Å². The molecule has 1 aromatic carbocycles. The molecule has 106 valence electrons. The second-order valence-corrected chi connectivity index (χ2v) is 5.91. The number of ether oxygens (including phenoxy) is 2. The Morgan fingerprint density at radius 3 is 2.70 bits per heavy atom. The highest BCUT2D eigenvalue weighted by molar-refractivity contribution is 7.11. The maximum atomic E-state index is 11.1. The smallest absolute Gasteiger partial charge is 0.172 e. The maximum absolute atomic E-state index is 11.1. The largest absolute Gasteiger partial charge is 0.493 e. The van der Waals surface area contributed by atoms with E-state index in [2.05, 4.69) is 4.98 Å². The van der Waals surface area contributed by atoms with E-state index in [-0.39, 0.29) is 6.61 Å². The molecule has 1 heterocycles. The number of rotatable bonds is 5. The number of benzene rings is 1. The molecule has 2 aromatic rings. The van der Waals surface area contributed by atoms with Gasteiger partial charge in [-0.15, -0.1) is 11.3 Å². The molecule has 0 aliphatic carbocycles. The third-order valence-electron chi connectivity index (χ3n) is 2.81. The summed E-state index contributed by atoms with van der Waals surface area (Å²) in [7, 11) is 1.50. The summed E-state index contributed by atoms with van der Waals surface area (Å²) in [4.78, 5) is 16.7. The minimum absolute atomic E-state index is 0.290. The van der Waals surface area contributed by atoms with Gasteiger partial charge in [-0.25, -0.2) is 4.98 Å². The third-order valence-corrected chi connectivity index (χ3v) is 4.07. The zero-order valence-electron chi connectivity index (χ0n) is 11.4. The Bertz CT molecular complexity index is 620. The van der Waals surface area contributed by atoms with E-state index in [0.29, 0.717) is 28.4 Å². The first-order chi connectivity index (χ1) is 9.55. The van der Waals surface area contributed by atoms with Crippen molar-refractivity contribution in [1.82, 2.24) is 4.98 Å². The van der Waals surface area contributed by atoms with E-state index >= 15 is 0 Å². The molecular weight excluding hydrogens is 298 g/mol. The first kappa shape index (κ1) is 14.8. The molecule has 0 saturated heterocycles. The van der Waals surface area contributed by atoms with Crippen molar-refractivity contribution < 1.29 is 14.3 Å². The highest BCUT2D eigenvalue weighted by Crippen LogP contribution is 2.34. The molecule has 0 bridgehead atoms. The lowest BCUT2D eigenvalue weighted by molar-refractivity contribution is 0.111. The van der Waals surface area contributed by atoms with Crippen LogP contribution in [0.1, 0.15) is 25.9 Å². The molecular formula is C14H14ClNO3S. The molecule has 0 aliphatic heterocycles. The minimum Gasteiger partial charge on any atom is -0.493 e. The van der Waals surface area contributed by atoms with Crippen LogP contribution in [0.3, 0.4) is 0 Å². The van der Waals surface area contributed by atoms with E-state index in [1.54, 1.807) is 23.5 Å². The zero-order valence-corrected chi connectivity index (χ0v) is 13.0. The summed E-state index contributed by atoms with van der Waals surface area (Å²) >= 11 is 7.49. The molecule has 0 atom stereocenters. The number of nitrogens with zero attached hydrogens (tertiary/aromatic N) is 1. The Morgan fingerprint density at radius 1 is 1.40 bits per heavy atom. The number of carbonyl (C=O) groups is 1. The SMILES string of the molecule is COc1cc(Cl)cc(C=O)c1OCc1nc(C)c(C)s1. The van der Waals surface area contributed by atoms with Gasteiger partial charge < -0.3 is 9.47 Å². The number of aromatic nitrogens is 1. The quantitative estimate of drug-likeness (QED) is 0.788. The van der Waals surface area contributed by atoms with Crippen LogP contribution < -0.4 is 9.47 Å². The lowest BCUT2D eigenvalue weighted by atomic mass is 10.2. The van der Waals surface area contributed by atoms with Crippen molar-refractivity contribution in [3.05, 3.63) is 38.3 Å². The predicted octanol–water partition coefficient (Wildman–Crippen LogP) is 3.81. The third kappa shape index (κ3) is 3.11. The van der Waals surface area contributed by atoms with E-state index in [4.69, 9.17) is 21.1 Å². The summed E-state index contributed by atoms with van der Waals surface area (Å²) in [5, 5.41) is 1.28. The summed E-state index contributed by atoms with van der Waals surface area (Å²) in [5.74, 6) is 0.821. The van der Waals surface area contributed by atoms with Crippen LogP contribution >= 0.6 is 22.9 Å². The van der Waals surface area contributed by atoms with Gasteiger partial charge in [-0.05, 0) is 19.9 Å². The van der Waals surface area contributed by atoms with E-state index in [0.717, 1.165) is 15.6 Å². The van der Waals surface area contributed by atoms with Gasteiger partial charge in [0.05, 0.1) is 18.4 Å². The number of halogens is 1. The molecule has 0 fully saturated rings. The number of hydrogen-bond acceptors (Lipinski definition) is 5. The topological polar surface area (TPSA) is 48.4 Å². The number of methoxy groups -OCH3 is 1. The molecule has 0 radical (unpaired) electrons. The van der Waals surface area contributed by atoms with Gasteiger partial charge in [0.25, 0.3) is 0 Å². The van der Waals surface area contributed by atoms with E-state index in [9.17, 15) is 4.79 Å². The predicted molar refractivity (Wildman–Crippen MR) is 79.3 cm³/mol. The van der Waals surface area contributed by atoms with Gasteiger partial charge >= 0.3 is 0 Å². The van der Waals surface area contributed by atoms with Crippen LogP contribution in [0.5, 0.6) is 11.5 Å². The Balaban J connectivity index is 2.26. The first-order valence-electron chi connectivity index (χ1n) is 5.93. The lowest BCUT2D eigenvalue weighted by Gasteiger charge is -2.12. The summed E-state index contributed by atoms with van der Waals surface area (Å²) in [5.41, 5.74) is 1.35. The standard InChI is InChI=1S/C14H14ClNO3S/c1-8-9(2)20-13(16-8)7-19-14-10(6-17)4-11(15)5-12(14)18-3/h4-6H,7H2,1-3H3. The summed E-state index contributed by atoms with van der Waals surface area (Å²) in [6, 6.07) is 3.16. The Labute approximate surface area is 126 Å². The van der Waals surface area contributed by atoms with Crippen LogP contribution in [0.4, 0.5) is 0 Å². The van der Waals surface area contributed by atoms with Crippen LogP contribution in [-0.2, 0) is 6.61 Å². The van der Waals surface area contributed by atoms with Gasteiger partial charge in [0, 0.05) is 16.0 Å². The summed E-state index contributed by atoms with van der Waals surface area (Å²) in [6.07, 6.45) is 0.697. The van der Waals surface area contributed by atoms with E-state index in [1.165, 1.54) is 7.11 Å². The van der Waals surface area contributed by atoms with Crippen molar-refractivity contribution in [2.24, 2.45) is 0 Å². The average Bonchev–Trinajstić information content (AvgIpc) is 2.75. The fourth-order valence-electron chi connectivity index (χ4n) is 1.72. The molecule has 0 amide bonds. The first-order valence-corrected chi connectivity index (χ1v) is 7.13. The van der Waals surface area contributed by atoms with E-state index < -0.39 is 0 Å². The summed E-state index contributed by atoms with van der Waals surface area (Å²) in [6.45, 7) is 4.25. The van der Waals surface area contributed by atoms with E-state index in [1.807, 2.05) is 13.8 Å². The van der Waals surface area contributed by atoms with Gasteiger partial charge in [-0.1, -0.05) is 11.6 Å². The monoisotopic (exact) mass is 311 g/mol. The average molecular weight is 312 g/mol. The second-order valence-electron chi connectivity index (χ2n) is 4.18. The molecule has 0 spiro atoms. The molecule has 0 aliphatic rings. The molecule has 4 nitrogen and oxygen atoms in total. The van der Waals surface area contributed by atoms with Crippen LogP contribution in [0.25, 0.3) is 0 Å². The van der Waals surface area contributed by atoms with Crippen molar-refractivity contribution in [3.8, 4) is 11.5 Å². The number of carbonyl (C=O) groups excluding carboxylic acids is 1.